The van der Waals surface area contributed by atoms with Crippen molar-refractivity contribution >= 4 is 0 Å². The third kappa shape index (κ3) is 2.00. The SMILES string of the molecule is [O]Cc1ccn(Cc2ccccc2)n1. The van der Waals surface area contributed by atoms with E-state index in [9.17, 15) is 5.11 Å². The molecule has 3 nitrogen and oxygen atoms in total. The van der Waals surface area contributed by atoms with Gasteiger partial charge in [-0.1, -0.05) is 30.3 Å². The fraction of sp³-hybridized carbons (Fsp3) is 0.182. The smallest absolute Gasteiger partial charge is 0.126 e. The minimum Gasteiger partial charge on any atom is -0.268 e. The van der Waals surface area contributed by atoms with Crippen LogP contribution in [-0.4, -0.2) is 9.78 Å². The first-order valence-corrected chi connectivity index (χ1v) is 4.53. The minimum absolute atomic E-state index is 0.248. The van der Waals surface area contributed by atoms with E-state index in [4.69, 9.17) is 0 Å². The third-order valence-corrected chi connectivity index (χ3v) is 2.03. The molecule has 3 heteroatoms. The van der Waals surface area contributed by atoms with Crippen molar-refractivity contribution in [3.63, 3.8) is 0 Å². The molecule has 0 amide bonds. The van der Waals surface area contributed by atoms with E-state index in [1.165, 1.54) is 5.56 Å². The lowest BCUT2D eigenvalue weighted by Crippen LogP contribution is -2.00. The van der Waals surface area contributed by atoms with E-state index in [1.54, 1.807) is 10.7 Å². The number of benzene rings is 1. The molecule has 0 spiro atoms. The van der Waals surface area contributed by atoms with Gasteiger partial charge in [0, 0.05) is 6.20 Å². The van der Waals surface area contributed by atoms with Crippen molar-refractivity contribution in [3.05, 3.63) is 53.9 Å². The molecular weight excluding hydrogens is 176 g/mol. The maximum atomic E-state index is 10.5. The zero-order chi connectivity index (χ0) is 9.80. The van der Waals surface area contributed by atoms with E-state index < -0.39 is 0 Å². The second-order valence-corrected chi connectivity index (χ2v) is 3.13. The van der Waals surface area contributed by atoms with Crippen LogP contribution in [0, 0.1) is 0 Å². The molecule has 0 N–H and O–H groups in total. The van der Waals surface area contributed by atoms with Gasteiger partial charge < -0.3 is 0 Å². The Balaban J connectivity index is 2.11. The van der Waals surface area contributed by atoms with Crippen molar-refractivity contribution < 1.29 is 5.11 Å². The average molecular weight is 187 g/mol. The van der Waals surface area contributed by atoms with E-state index in [2.05, 4.69) is 5.10 Å². The molecule has 2 rings (SSSR count). The summed E-state index contributed by atoms with van der Waals surface area (Å²) in [6.07, 6.45) is 1.83. The fourth-order valence-electron chi connectivity index (χ4n) is 1.34. The van der Waals surface area contributed by atoms with Gasteiger partial charge >= 0.3 is 0 Å². The lowest BCUT2D eigenvalue weighted by atomic mass is 10.2. The second-order valence-electron chi connectivity index (χ2n) is 3.13. The molecule has 0 aliphatic carbocycles. The summed E-state index contributed by atoms with van der Waals surface area (Å²) >= 11 is 0. The van der Waals surface area contributed by atoms with Crippen LogP contribution in [0.4, 0.5) is 0 Å². The Morgan fingerprint density at radius 3 is 2.57 bits per heavy atom. The Morgan fingerprint density at radius 1 is 1.14 bits per heavy atom. The maximum Gasteiger partial charge on any atom is 0.126 e. The first kappa shape index (κ1) is 8.97. The van der Waals surface area contributed by atoms with Crippen molar-refractivity contribution in [2.75, 3.05) is 0 Å². The molecular formula is C11H11N2O. The van der Waals surface area contributed by atoms with Crippen molar-refractivity contribution in [1.82, 2.24) is 9.78 Å². The minimum atomic E-state index is -0.248. The number of aromatic nitrogens is 2. The van der Waals surface area contributed by atoms with Crippen LogP contribution in [-0.2, 0) is 18.3 Å². The number of rotatable bonds is 3. The molecule has 14 heavy (non-hydrogen) atoms. The average Bonchev–Trinajstić information content (AvgIpc) is 2.67. The van der Waals surface area contributed by atoms with Gasteiger partial charge in [-0.3, -0.25) is 4.68 Å². The topological polar surface area (TPSA) is 37.7 Å². The standard InChI is InChI=1S/C11H11N2O/c14-9-11-6-7-13(12-11)8-10-4-2-1-3-5-10/h1-7H,8-9H2. The van der Waals surface area contributed by atoms with Gasteiger partial charge in [0.1, 0.15) is 6.61 Å². The number of hydrogen-bond acceptors (Lipinski definition) is 1. The quantitative estimate of drug-likeness (QED) is 0.722. The third-order valence-electron chi connectivity index (χ3n) is 2.03. The maximum absolute atomic E-state index is 10.5. The van der Waals surface area contributed by atoms with Gasteiger partial charge in [0.2, 0.25) is 0 Å². The zero-order valence-electron chi connectivity index (χ0n) is 7.76. The summed E-state index contributed by atoms with van der Waals surface area (Å²) in [6.45, 7) is 0.475. The van der Waals surface area contributed by atoms with Gasteiger partial charge in [-0.2, -0.15) is 5.10 Å². The van der Waals surface area contributed by atoms with Crippen LogP contribution in [0.15, 0.2) is 42.6 Å². The molecule has 1 aromatic heterocycles. The van der Waals surface area contributed by atoms with Crippen LogP contribution in [0.1, 0.15) is 11.3 Å². The zero-order valence-corrected chi connectivity index (χ0v) is 7.76. The molecule has 1 radical (unpaired) electrons. The molecule has 2 aromatic rings. The molecule has 0 aliphatic rings. The Labute approximate surface area is 82.6 Å². The fourth-order valence-corrected chi connectivity index (χ4v) is 1.34. The van der Waals surface area contributed by atoms with Crippen molar-refractivity contribution in [2.24, 2.45) is 0 Å². The van der Waals surface area contributed by atoms with Gasteiger partial charge in [0.15, 0.2) is 0 Å². The van der Waals surface area contributed by atoms with Crippen molar-refractivity contribution in [3.8, 4) is 0 Å². The highest BCUT2D eigenvalue weighted by molar-refractivity contribution is 5.15. The molecule has 0 saturated carbocycles. The summed E-state index contributed by atoms with van der Waals surface area (Å²) in [7, 11) is 0. The summed E-state index contributed by atoms with van der Waals surface area (Å²) in [5, 5.41) is 14.6. The van der Waals surface area contributed by atoms with Crippen molar-refractivity contribution in [2.45, 2.75) is 13.2 Å². The van der Waals surface area contributed by atoms with E-state index in [0.29, 0.717) is 5.69 Å². The Bertz CT molecular complexity index is 395. The molecule has 71 valence electrons. The van der Waals surface area contributed by atoms with E-state index in [-0.39, 0.29) is 6.61 Å². The number of hydrogen-bond donors (Lipinski definition) is 0. The Kier molecular flexibility index (Phi) is 2.60. The predicted molar refractivity (Wildman–Crippen MR) is 52.2 cm³/mol. The molecule has 0 fully saturated rings. The van der Waals surface area contributed by atoms with Crippen LogP contribution < -0.4 is 0 Å². The van der Waals surface area contributed by atoms with E-state index in [0.717, 1.165) is 6.54 Å². The summed E-state index contributed by atoms with van der Waals surface area (Å²) in [5.74, 6) is 0. The second kappa shape index (κ2) is 4.07. The van der Waals surface area contributed by atoms with Gasteiger partial charge in [-0.05, 0) is 11.6 Å². The molecule has 0 unspecified atom stereocenters. The van der Waals surface area contributed by atoms with E-state index >= 15 is 0 Å². The number of nitrogens with zero attached hydrogens (tertiary/aromatic N) is 2. The predicted octanol–water partition coefficient (Wildman–Crippen LogP) is 1.86. The summed E-state index contributed by atoms with van der Waals surface area (Å²) in [5.41, 5.74) is 1.79. The molecule has 0 aliphatic heterocycles. The monoisotopic (exact) mass is 187 g/mol. The molecule has 1 aromatic carbocycles. The first-order valence-electron chi connectivity index (χ1n) is 4.53. The highest BCUT2D eigenvalue weighted by Crippen LogP contribution is 2.02. The Morgan fingerprint density at radius 2 is 1.93 bits per heavy atom. The van der Waals surface area contributed by atoms with E-state index in [1.807, 2.05) is 36.5 Å². The van der Waals surface area contributed by atoms with Gasteiger partial charge in [0.25, 0.3) is 0 Å². The summed E-state index contributed by atoms with van der Waals surface area (Å²) < 4.78 is 1.78. The molecule has 0 atom stereocenters. The first-order chi connectivity index (χ1) is 6.88. The summed E-state index contributed by atoms with van der Waals surface area (Å²) in [4.78, 5) is 0. The largest absolute Gasteiger partial charge is 0.268 e. The normalized spacial score (nSPS) is 10.4. The van der Waals surface area contributed by atoms with Crippen LogP contribution in [0.2, 0.25) is 0 Å². The highest BCUT2D eigenvalue weighted by atomic mass is 16.3. The molecule has 0 bridgehead atoms. The van der Waals surface area contributed by atoms with Crippen LogP contribution in [0.5, 0.6) is 0 Å². The lowest BCUT2D eigenvalue weighted by molar-refractivity contribution is 0.173. The van der Waals surface area contributed by atoms with Crippen LogP contribution in [0.3, 0.4) is 0 Å². The van der Waals surface area contributed by atoms with Gasteiger partial charge in [-0.25, -0.2) is 5.11 Å². The molecule has 0 saturated heterocycles. The van der Waals surface area contributed by atoms with Crippen LogP contribution in [0.25, 0.3) is 0 Å². The lowest BCUT2D eigenvalue weighted by Gasteiger charge is -2.00. The summed E-state index contributed by atoms with van der Waals surface area (Å²) in [6, 6.07) is 11.8. The van der Waals surface area contributed by atoms with Gasteiger partial charge in [0.05, 0.1) is 12.2 Å². The highest BCUT2D eigenvalue weighted by Gasteiger charge is 1.98. The Hall–Kier alpha value is -1.61. The van der Waals surface area contributed by atoms with Crippen molar-refractivity contribution in [1.29, 1.82) is 0 Å². The van der Waals surface area contributed by atoms with Gasteiger partial charge in [-0.15, -0.1) is 0 Å². The van der Waals surface area contributed by atoms with Crippen LogP contribution >= 0.6 is 0 Å². The molecule has 1 heterocycles.